The number of ether oxygens (including phenoxy) is 3. The van der Waals surface area contributed by atoms with Gasteiger partial charge in [0.2, 0.25) is 6.79 Å². The van der Waals surface area contributed by atoms with Gasteiger partial charge >= 0.3 is 0 Å². The number of fused-ring (bicyclic) bond motifs is 2. The van der Waals surface area contributed by atoms with Crippen molar-refractivity contribution in [3.8, 4) is 17.2 Å². The number of aromatic nitrogens is 1. The Labute approximate surface area is 198 Å². The lowest BCUT2D eigenvalue weighted by Crippen LogP contribution is -2.25. The number of nitrogens with zero attached hydrogens (tertiary/aromatic N) is 1. The number of carbonyl (C=O) groups is 1. The van der Waals surface area contributed by atoms with Gasteiger partial charge in [0, 0.05) is 18.5 Å². The normalized spacial score (nSPS) is 12.0. The molecule has 5 rings (SSSR count). The highest BCUT2D eigenvalue weighted by atomic mass is 16.7. The standard InChI is InChI=1S/C28H26N2O4/c1-3-13-32-25-10-6-9-23-22(25)15-24(30(23)17-21-8-5-4-7-19(21)2)28(31)29-16-20-11-12-26-27(14-20)34-18-33-26/h3-12,14-15H,1,13,16-18H2,2H3,(H,29,31). The maximum atomic E-state index is 13.4. The lowest BCUT2D eigenvalue weighted by Gasteiger charge is -2.13. The van der Waals surface area contributed by atoms with Crippen molar-refractivity contribution in [2.45, 2.75) is 20.0 Å². The molecule has 0 saturated heterocycles. The van der Waals surface area contributed by atoms with E-state index in [0.29, 0.717) is 31.1 Å². The van der Waals surface area contributed by atoms with E-state index < -0.39 is 0 Å². The number of carbonyl (C=O) groups excluding carboxylic acids is 1. The SMILES string of the molecule is C=CCOc1cccc2c1cc(C(=O)NCc1ccc3c(c1)OCO3)n2Cc1ccccc1C. The zero-order valence-corrected chi connectivity index (χ0v) is 19.0. The molecule has 1 amide bonds. The van der Waals surface area contributed by atoms with Gasteiger partial charge in [-0.15, -0.1) is 0 Å². The number of nitrogens with one attached hydrogen (secondary N) is 1. The first-order valence-electron chi connectivity index (χ1n) is 11.2. The summed E-state index contributed by atoms with van der Waals surface area (Å²) < 4.78 is 18.7. The van der Waals surface area contributed by atoms with Crippen molar-refractivity contribution in [3.05, 3.63) is 102 Å². The Hall–Kier alpha value is -4.19. The zero-order valence-electron chi connectivity index (χ0n) is 19.0. The maximum Gasteiger partial charge on any atom is 0.268 e. The van der Waals surface area contributed by atoms with Crippen LogP contribution in [0.4, 0.5) is 0 Å². The van der Waals surface area contributed by atoms with E-state index >= 15 is 0 Å². The van der Waals surface area contributed by atoms with Crippen LogP contribution in [-0.4, -0.2) is 23.9 Å². The van der Waals surface area contributed by atoms with Gasteiger partial charge in [0.1, 0.15) is 18.1 Å². The lowest BCUT2D eigenvalue weighted by molar-refractivity contribution is 0.0942. The molecule has 0 bridgehead atoms. The summed E-state index contributed by atoms with van der Waals surface area (Å²) in [6.07, 6.45) is 1.71. The van der Waals surface area contributed by atoms with Gasteiger partial charge in [0.25, 0.3) is 5.91 Å². The van der Waals surface area contributed by atoms with E-state index in [0.717, 1.165) is 33.5 Å². The third kappa shape index (κ3) is 4.22. The zero-order chi connectivity index (χ0) is 23.5. The second-order valence-electron chi connectivity index (χ2n) is 8.20. The number of amides is 1. The summed E-state index contributed by atoms with van der Waals surface area (Å²) in [5.74, 6) is 1.99. The molecule has 1 aromatic heterocycles. The fourth-order valence-corrected chi connectivity index (χ4v) is 4.17. The van der Waals surface area contributed by atoms with Crippen molar-refractivity contribution >= 4 is 16.8 Å². The quantitative estimate of drug-likeness (QED) is 0.371. The second kappa shape index (κ2) is 9.35. The first kappa shape index (κ1) is 21.6. The third-order valence-corrected chi connectivity index (χ3v) is 5.97. The number of aryl methyl sites for hydroxylation is 1. The molecule has 0 atom stereocenters. The van der Waals surface area contributed by atoms with Gasteiger partial charge in [0.15, 0.2) is 11.5 Å². The van der Waals surface area contributed by atoms with Crippen LogP contribution in [0.25, 0.3) is 10.9 Å². The lowest BCUT2D eigenvalue weighted by atomic mass is 10.1. The van der Waals surface area contributed by atoms with Gasteiger partial charge in [-0.2, -0.15) is 0 Å². The van der Waals surface area contributed by atoms with Gasteiger partial charge < -0.3 is 24.1 Å². The monoisotopic (exact) mass is 454 g/mol. The molecule has 4 aromatic rings. The van der Waals surface area contributed by atoms with Crippen LogP contribution in [0.15, 0.2) is 79.4 Å². The molecule has 1 N–H and O–H groups in total. The average molecular weight is 455 g/mol. The van der Waals surface area contributed by atoms with Gasteiger partial charge in [0.05, 0.1) is 5.52 Å². The van der Waals surface area contributed by atoms with Crippen LogP contribution in [-0.2, 0) is 13.1 Å². The largest absolute Gasteiger partial charge is 0.489 e. The van der Waals surface area contributed by atoms with E-state index in [9.17, 15) is 4.79 Å². The molecule has 1 aliphatic rings. The summed E-state index contributed by atoms with van der Waals surface area (Å²) in [4.78, 5) is 13.4. The van der Waals surface area contributed by atoms with Crippen molar-refractivity contribution in [1.82, 2.24) is 9.88 Å². The smallest absolute Gasteiger partial charge is 0.268 e. The highest BCUT2D eigenvalue weighted by Crippen LogP contribution is 2.33. The average Bonchev–Trinajstić information content (AvgIpc) is 3.47. The Morgan fingerprint density at radius 3 is 2.79 bits per heavy atom. The molecule has 6 heteroatoms. The molecule has 6 nitrogen and oxygen atoms in total. The van der Waals surface area contributed by atoms with Gasteiger partial charge in [-0.3, -0.25) is 4.79 Å². The minimum absolute atomic E-state index is 0.155. The highest BCUT2D eigenvalue weighted by molar-refractivity contribution is 6.00. The number of rotatable bonds is 8. The molecule has 1 aliphatic heterocycles. The van der Waals surface area contributed by atoms with E-state index in [-0.39, 0.29) is 12.7 Å². The summed E-state index contributed by atoms with van der Waals surface area (Å²) in [6, 6.07) is 21.7. The Balaban J connectivity index is 1.48. The van der Waals surface area contributed by atoms with E-state index in [1.54, 1.807) is 6.08 Å². The fraction of sp³-hybridized carbons (Fsp3) is 0.179. The maximum absolute atomic E-state index is 13.4. The topological polar surface area (TPSA) is 61.7 Å². The molecular weight excluding hydrogens is 428 g/mol. The molecule has 0 spiro atoms. The number of benzene rings is 3. The van der Waals surface area contributed by atoms with E-state index in [1.165, 1.54) is 5.56 Å². The molecule has 34 heavy (non-hydrogen) atoms. The van der Waals surface area contributed by atoms with E-state index in [1.807, 2.05) is 59.2 Å². The first-order chi connectivity index (χ1) is 16.6. The molecule has 3 aromatic carbocycles. The highest BCUT2D eigenvalue weighted by Gasteiger charge is 2.19. The van der Waals surface area contributed by atoms with Crippen LogP contribution in [0.2, 0.25) is 0 Å². The van der Waals surface area contributed by atoms with Gasteiger partial charge in [-0.05, 0) is 53.9 Å². The minimum atomic E-state index is -0.155. The Bertz CT molecular complexity index is 1370. The van der Waals surface area contributed by atoms with Crippen molar-refractivity contribution in [2.24, 2.45) is 0 Å². The van der Waals surface area contributed by atoms with Gasteiger partial charge in [-0.25, -0.2) is 0 Å². The van der Waals surface area contributed by atoms with Crippen LogP contribution < -0.4 is 19.5 Å². The van der Waals surface area contributed by atoms with Crippen LogP contribution in [0, 0.1) is 6.92 Å². The summed E-state index contributed by atoms with van der Waals surface area (Å²) >= 11 is 0. The number of hydrogen-bond donors (Lipinski definition) is 1. The molecule has 2 heterocycles. The van der Waals surface area contributed by atoms with E-state index in [2.05, 4.69) is 31.0 Å². The Kier molecular flexibility index (Phi) is 5.95. The first-order valence-corrected chi connectivity index (χ1v) is 11.2. The summed E-state index contributed by atoms with van der Waals surface area (Å²) in [5.41, 5.74) is 4.79. The molecule has 0 saturated carbocycles. The minimum Gasteiger partial charge on any atom is -0.489 e. The fourth-order valence-electron chi connectivity index (χ4n) is 4.17. The van der Waals surface area contributed by atoms with Gasteiger partial charge in [-0.1, -0.05) is 49.1 Å². The van der Waals surface area contributed by atoms with Crippen molar-refractivity contribution < 1.29 is 19.0 Å². The second-order valence-corrected chi connectivity index (χ2v) is 8.20. The summed E-state index contributed by atoms with van der Waals surface area (Å²) in [6.45, 7) is 7.39. The Morgan fingerprint density at radius 1 is 1.09 bits per heavy atom. The van der Waals surface area contributed by atoms with E-state index in [4.69, 9.17) is 14.2 Å². The van der Waals surface area contributed by atoms with Crippen LogP contribution in [0.1, 0.15) is 27.2 Å². The summed E-state index contributed by atoms with van der Waals surface area (Å²) in [7, 11) is 0. The predicted octanol–water partition coefficient (Wildman–Crippen LogP) is 5.22. The van der Waals surface area contributed by atoms with Crippen molar-refractivity contribution in [3.63, 3.8) is 0 Å². The summed E-state index contributed by atoms with van der Waals surface area (Å²) in [5, 5.41) is 3.95. The molecule has 172 valence electrons. The third-order valence-electron chi connectivity index (χ3n) is 5.97. The number of hydrogen-bond acceptors (Lipinski definition) is 4. The Morgan fingerprint density at radius 2 is 1.94 bits per heavy atom. The van der Waals surface area contributed by atoms with Crippen LogP contribution in [0.3, 0.4) is 0 Å². The molecule has 0 radical (unpaired) electrons. The van der Waals surface area contributed by atoms with Crippen LogP contribution >= 0.6 is 0 Å². The molecule has 0 unspecified atom stereocenters. The molecular formula is C28H26N2O4. The molecule has 0 fully saturated rings. The van der Waals surface area contributed by atoms with Crippen molar-refractivity contribution in [2.75, 3.05) is 13.4 Å². The molecule has 0 aliphatic carbocycles. The van der Waals surface area contributed by atoms with Crippen LogP contribution in [0.5, 0.6) is 17.2 Å². The van der Waals surface area contributed by atoms with Crippen molar-refractivity contribution in [1.29, 1.82) is 0 Å². The predicted molar refractivity (Wildman–Crippen MR) is 132 cm³/mol.